The van der Waals surface area contributed by atoms with Gasteiger partial charge in [-0.3, -0.25) is 15.0 Å². The average molecular weight is 769 g/mol. The highest BCUT2D eigenvalue weighted by Crippen LogP contribution is 2.34. The molecular formula is C54H36N6. The zero-order chi connectivity index (χ0) is 40.1. The molecular weight excluding hydrogens is 733 g/mol. The number of hydrogen-bond donors (Lipinski definition) is 0. The summed E-state index contributed by atoms with van der Waals surface area (Å²) < 4.78 is 0. The van der Waals surface area contributed by atoms with Crippen LogP contribution in [0, 0.1) is 0 Å². The minimum atomic E-state index is 0.586. The Kier molecular flexibility index (Phi) is 9.84. The van der Waals surface area contributed by atoms with Crippen molar-refractivity contribution >= 4 is 0 Å². The summed E-state index contributed by atoms with van der Waals surface area (Å²) >= 11 is 0. The molecule has 10 aromatic rings. The summed E-state index contributed by atoms with van der Waals surface area (Å²) in [4.78, 5) is 29.3. The summed E-state index contributed by atoms with van der Waals surface area (Å²) in [7, 11) is 0. The molecule has 0 amide bonds. The molecule has 0 atom stereocenters. The molecule has 4 heterocycles. The maximum absolute atomic E-state index is 5.18. The smallest absolute Gasteiger partial charge is 0.164 e. The lowest BCUT2D eigenvalue weighted by Crippen LogP contribution is -2.00. The van der Waals surface area contributed by atoms with Crippen LogP contribution in [-0.2, 0) is 0 Å². The Bertz CT molecular complexity index is 2750. The molecule has 0 radical (unpaired) electrons. The van der Waals surface area contributed by atoms with Gasteiger partial charge in [0.1, 0.15) is 0 Å². The van der Waals surface area contributed by atoms with Gasteiger partial charge in [-0.25, -0.2) is 15.0 Å². The summed E-state index contributed by atoms with van der Waals surface area (Å²) in [6.07, 6.45) is 5.47. The van der Waals surface area contributed by atoms with Crippen molar-refractivity contribution < 1.29 is 0 Å². The fourth-order valence-corrected chi connectivity index (χ4v) is 7.45. The van der Waals surface area contributed by atoms with E-state index in [-0.39, 0.29) is 0 Å². The van der Waals surface area contributed by atoms with Crippen LogP contribution in [0.5, 0.6) is 0 Å². The van der Waals surface area contributed by atoms with Crippen LogP contribution in [0.25, 0.3) is 101 Å². The predicted octanol–water partition coefficient (Wildman–Crippen LogP) is 13.1. The van der Waals surface area contributed by atoms with E-state index in [1.807, 2.05) is 73.2 Å². The number of aromatic nitrogens is 6. The molecule has 0 aliphatic rings. The van der Waals surface area contributed by atoms with E-state index in [0.29, 0.717) is 17.5 Å². The molecule has 0 N–H and O–H groups in total. The van der Waals surface area contributed by atoms with Crippen molar-refractivity contribution in [1.29, 1.82) is 0 Å². The molecule has 0 spiro atoms. The maximum atomic E-state index is 5.18. The molecule has 0 fully saturated rings. The van der Waals surface area contributed by atoms with E-state index in [0.717, 1.165) is 83.8 Å². The molecule has 10 rings (SSSR count). The first-order valence-electron chi connectivity index (χ1n) is 19.8. The second-order valence-corrected chi connectivity index (χ2v) is 14.4. The highest BCUT2D eigenvalue weighted by molar-refractivity contribution is 5.79. The van der Waals surface area contributed by atoms with Gasteiger partial charge in [0.05, 0.1) is 17.1 Å². The largest absolute Gasteiger partial charge is 0.256 e. The fraction of sp³-hybridized carbons (Fsp3) is 0. The standard InChI is InChI=1S/C54H36N6/c1-4-28-55-49(25-1)43-19-7-13-37(31-43)40-16-10-22-46(34-40)52-58-53(47-23-11-17-41(35-47)38-14-8-20-44(32-38)50-26-2-5-29-56-50)60-54(59-52)48-24-12-18-42(36-48)39-15-9-21-45(33-39)51-27-3-6-30-57-51/h1-36H. The maximum Gasteiger partial charge on any atom is 0.164 e. The highest BCUT2D eigenvalue weighted by atomic mass is 15.0. The van der Waals surface area contributed by atoms with Crippen molar-refractivity contribution in [2.75, 3.05) is 0 Å². The van der Waals surface area contributed by atoms with Gasteiger partial charge in [0.15, 0.2) is 17.5 Å². The minimum absolute atomic E-state index is 0.586. The Labute approximate surface area is 348 Å². The van der Waals surface area contributed by atoms with Crippen LogP contribution >= 0.6 is 0 Å². The predicted molar refractivity (Wildman–Crippen MR) is 242 cm³/mol. The Morgan fingerprint density at radius 1 is 0.200 bits per heavy atom. The zero-order valence-electron chi connectivity index (χ0n) is 32.5. The van der Waals surface area contributed by atoms with Crippen LogP contribution in [0.3, 0.4) is 0 Å². The van der Waals surface area contributed by atoms with Crippen molar-refractivity contribution in [3.8, 4) is 101 Å². The number of hydrogen-bond acceptors (Lipinski definition) is 6. The molecule has 0 saturated heterocycles. The quantitative estimate of drug-likeness (QED) is 0.145. The molecule has 282 valence electrons. The number of benzene rings is 6. The summed E-state index contributed by atoms with van der Waals surface area (Å²) in [5, 5.41) is 0. The molecule has 0 bridgehead atoms. The third-order valence-electron chi connectivity index (χ3n) is 10.5. The van der Waals surface area contributed by atoms with Gasteiger partial charge in [0, 0.05) is 52.0 Å². The van der Waals surface area contributed by atoms with Crippen molar-refractivity contribution in [3.63, 3.8) is 0 Å². The fourth-order valence-electron chi connectivity index (χ4n) is 7.45. The lowest BCUT2D eigenvalue weighted by Gasteiger charge is -2.12. The van der Waals surface area contributed by atoms with Gasteiger partial charge in [0.25, 0.3) is 0 Å². The average Bonchev–Trinajstić information content (AvgIpc) is 3.35. The molecule has 6 aromatic carbocycles. The van der Waals surface area contributed by atoms with Gasteiger partial charge in [-0.05, 0) is 106 Å². The number of pyridine rings is 3. The molecule has 0 aliphatic heterocycles. The van der Waals surface area contributed by atoms with E-state index < -0.39 is 0 Å². The van der Waals surface area contributed by atoms with Crippen molar-refractivity contribution in [3.05, 3.63) is 219 Å². The van der Waals surface area contributed by atoms with Crippen LogP contribution in [-0.4, -0.2) is 29.9 Å². The third kappa shape index (κ3) is 7.73. The summed E-state index contributed by atoms with van der Waals surface area (Å²) in [5.41, 5.74) is 15.0. The van der Waals surface area contributed by atoms with Crippen molar-refractivity contribution in [2.45, 2.75) is 0 Å². The molecule has 0 unspecified atom stereocenters. The topological polar surface area (TPSA) is 77.3 Å². The van der Waals surface area contributed by atoms with Crippen LogP contribution < -0.4 is 0 Å². The Hall–Kier alpha value is -8.22. The zero-order valence-corrected chi connectivity index (χ0v) is 32.5. The van der Waals surface area contributed by atoms with E-state index >= 15 is 0 Å². The van der Waals surface area contributed by atoms with Crippen molar-refractivity contribution in [2.24, 2.45) is 0 Å². The lowest BCUT2D eigenvalue weighted by atomic mass is 9.98. The SMILES string of the molecule is c1ccc(-c2cccc(-c3cccc(-c4nc(-c5cccc(-c6cccc(-c7ccccn7)c6)c5)nc(-c5cccc(-c6cccc(-c7ccccn7)c6)c5)n4)c3)c2)nc1. The third-order valence-corrected chi connectivity index (χ3v) is 10.5. The van der Waals surface area contributed by atoms with Gasteiger partial charge in [0.2, 0.25) is 0 Å². The lowest BCUT2D eigenvalue weighted by molar-refractivity contribution is 1.07. The van der Waals surface area contributed by atoms with Gasteiger partial charge in [-0.1, -0.05) is 127 Å². The number of rotatable bonds is 9. The minimum Gasteiger partial charge on any atom is -0.256 e. The second-order valence-electron chi connectivity index (χ2n) is 14.4. The molecule has 4 aromatic heterocycles. The first-order valence-corrected chi connectivity index (χ1v) is 19.8. The summed E-state index contributed by atoms with van der Waals surface area (Å²) in [6, 6.07) is 68.5. The van der Waals surface area contributed by atoms with Crippen LogP contribution in [0.15, 0.2) is 219 Å². The Morgan fingerprint density at radius 2 is 0.433 bits per heavy atom. The summed E-state index contributed by atoms with van der Waals surface area (Å²) in [6.45, 7) is 0. The van der Waals surface area contributed by atoms with E-state index in [2.05, 4.69) is 161 Å². The van der Waals surface area contributed by atoms with Crippen LogP contribution in [0.4, 0.5) is 0 Å². The van der Waals surface area contributed by atoms with Gasteiger partial charge < -0.3 is 0 Å². The monoisotopic (exact) mass is 768 g/mol. The molecule has 6 heteroatoms. The van der Waals surface area contributed by atoms with E-state index in [1.54, 1.807) is 0 Å². The molecule has 60 heavy (non-hydrogen) atoms. The van der Waals surface area contributed by atoms with Crippen LogP contribution in [0.2, 0.25) is 0 Å². The first-order chi connectivity index (χ1) is 29.7. The number of nitrogens with zero attached hydrogens (tertiary/aromatic N) is 6. The van der Waals surface area contributed by atoms with E-state index in [1.165, 1.54) is 0 Å². The van der Waals surface area contributed by atoms with E-state index in [9.17, 15) is 0 Å². The molecule has 6 nitrogen and oxygen atoms in total. The van der Waals surface area contributed by atoms with Gasteiger partial charge >= 0.3 is 0 Å². The van der Waals surface area contributed by atoms with Gasteiger partial charge in [-0.2, -0.15) is 0 Å². The first kappa shape index (κ1) is 36.1. The second kappa shape index (κ2) is 16.3. The van der Waals surface area contributed by atoms with Crippen molar-refractivity contribution in [1.82, 2.24) is 29.9 Å². The molecule has 0 saturated carbocycles. The Morgan fingerprint density at radius 3 is 0.683 bits per heavy atom. The molecule has 0 aliphatic carbocycles. The highest BCUT2D eigenvalue weighted by Gasteiger charge is 2.15. The van der Waals surface area contributed by atoms with Crippen LogP contribution in [0.1, 0.15) is 0 Å². The van der Waals surface area contributed by atoms with Gasteiger partial charge in [-0.15, -0.1) is 0 Å². The summed E-state index contributed by atoms with van der Waals surface area (Å²) in [5.74, 6) is 1.76. The van der Waals surface area contributed by atoms with E-state index in [4.69, 9.17) is 15.0 Å². The Balaban J connectivity index is 1.07. The normalized spacial score (nSPS) is 11.0.